The minimum absolute atomic E-state index is 0.0793. The molecule has 1 unspecified atom stereocenters. The second-order valence-electron chi connectivity index (χ2n) is 7.52. The number of amides is 1. The molecule has 2 aromatic carbocycles. The van der Waals surface area contributed by atoms with Crippen LogP contribution in [0.1, 0.15) is 36.4 Å². The number of hydrogen-bond acceptors (Lipinski definition) is 3. The van der Waals surface area contributed by atoms with Gasteiger partial charge in [0.25, 0.3) is 0 Å². The van der Waals surface area contributed by atoms with Gasteiger partial charge in [-0.25, -0.2) is 4.79 Å². The fourth-order valence-electron chi connectivity index (χ4n) is 4.18. The molecule has 4 rings (SSSR count). The number of methoxy groups -OCH3 is 1. The lowest BCUT2D eigenvalue weighted by atomic mass is 9.76. The summed E-state index contributed by atoms with van der Waals surface area (Å²) < 4.78 is 10.6. The van der Waals surface area contributed by atoms with Gasteiger partial charge in [0.05, 0.1) is 12.6 Å². The molecule has 142 valence electrons. The van der Waals surface area contributed by atoms with E-state index in [4.69, 9.17) is 9.47 Å². The zero-order chi connectivity index (χ0) is 18.9. The lowest BCUT2D eigenvalue weighted by Gasteiger charge is -2.34. The third kappa shape index (κ3) is 3.65. The molecule has 2 aliphatic rings. The fourth-order valence-corrected chi connectivity index (χ4v) is 4.18. The van der Waals surface area contributed by atoms with Crippen molar-refractivity contribution in [1.82, 2.24) is 5.32 Å². The largest absolute Gasteiger partial charge is 0.491 e. The van der Waals surface area contributed by atoms with Gasteiger partial charge in [-0.2, -0.15) is 0 Å². The predicted molar refractivity (Wildman–Crippen MR) is 103 cm³/mol. The van der Waals surface area contributed by atoms with Crippen molar-refractivity contribution in [2.24, 2.45) is 5.41 Å². The van der Waals surface area contributed by atoms with Crippen LogP contribution in [-0.4, -0.2) is 31.5 Å². The Morgan fingerprint density at radius 1 is 1.11 bits per heavy atom. The summed E-state index contributed by atoms with van der Waals surface area (Å²) in [6.45, 7) is 1.11. The van der Waals surface area contributed by atoms with Gasteiger partial charge in [-0.1, -0.05) is 30.3 Å². The average molecular weight is 367 g/mol. The number of aryl methyl sites for hydroxylation is 1. The van der Waals surface area contributed by atoms with Crippen molar-refractivity contribution < 1.29 is 19.4 Å². The second-order valence-corrected chi connectivity index (χ2v) is 7.52. The molecule has 5 nitrogen and oxygen atoms in total. The molecular formula is C22H25NO4. The molecule has 27 heavy (non-hydrogen) atoms. The van der Waals surface area contributed by atoms with Gasteiger partial charge in [0.15, 0.2) is 0 Å². The van der Waals surface area contributed by atoms with Crippen LogP contribution in [0, 0.1) is 5.41 Å². The smallest absolute Gasteiger partial charge is 0.405 e. The summed E-state index contributed by atoms with van der Waals surface area (Å²) in [5, 5.41) is 12.0. The van der Waals surface area contributed by atoms with Crippen LogP contribution in [0.4, 0.5) is 4.79 Å². The number of hydrogen-bond donors (Lipinski definition) is 2. The van der Waals surface area contributed by atoms with Gasteiger partial charge in [0.2, 0.25) is 0 Å². The highest BCUT2D eigenvalue weighted by atomic mass is 16.5. The molecule has 0 aromatic heterocycles. The van der Waals surface area contributed by atoms with E-state index in [2.05, 4.69) is 35.6 Å². The molecule has 5 heteroatoms. The van der Waals surface area contributed by atoms with Gasteiger partial charge in [-0.15, -0.1) is 0 Å². The Morgan fingerprint density at radius 2 is 1.85 bits per heavy atom. The highest BCUT2D eigenvalue weighted by Gasteiger charge is 2.52. The van der Waals surface area contributed by atoms with E-state index in [9.17, 15) is 9.90 Å². The molecule has 0 saturated heterocycles. The van der Waals surface area contributed by atoms with Crippen LogP contribution >= 0.6 is 0 Å². The van der Waals surface area contributed by atoms with Crippen LogP contribution in [0.3, 0.4) is 0 Å². The third-order valence-corrected chi connectivity index (χ3v) is 5.86. The number of fused-ring (bicyclic) bond motifs is 1. The Bertz CT molecular complexity index is 827. The fraction of sp³-hybridized carbons (Fsp3) is 0.409. The SMILES string of the molecule is COCCOc1ccc(-c2ccc3c(c2)CCC2(CC2)C3NC(=O)O)cc1. The molecule has 0 bridgehead atoms. The van der Waals surface area contributed by atoms with E-state index in [1.807, 2.05) is 12.1 Å². The van der Waals surface area contributed by atoms with Gasteiger partial charge in [-0.05, 0) is 65.5 Å². The summed E-state index contributed by atoms with van der Waals surface area (Å²) in [6, 6.07) is 14.4. The van der Waals surface area contributed by atoms with Gasteiger partial charge >= 0.3 is 6.09 Å². The molecule has 1 atom stereocenters. The molecule has 0 radical (unpaired) electrons. The van der Waals surface area contributed by atoms with Crippen LogP contribution in [0.25, 0.3) is 11.1 Å². The van der Waals surface area contributed by atoms with Gasteiger partial charge in [0.1, 0.15) is 12.4 Å². The first-order chi connectivity index (χ1) is 13.1. The van der Waals surface area contributed by atoms with E-state index in [0.29, 0.717) is 13.2 Å². The maximum Gasteiger partial charge on any atom is 0.405 e. The summed E-state index contributed by atoms with van der Waals surface area (Å²) >= 11 is 0. The van der Waals surface area contributed by atoms with E-state index in [1.54, 1.807) is 7.11 Å². The topological polar surface area (TPSA) is 67.8 Å². The summed E-state index contributed by atoms with van der Waals surface area (Å²) in [4.78, 5) is 11.3. The van der Waals surface area contributed by atoms with E-state index < -0.39 is 6.09 Å². The van der Waals surface area contributed by atoms with E-state index in [0.717, 1.165) is 48.1 Å². The van der Waals surface area contributed by atoms with Crippen molar-refractivity contribution in [2.75, 3.05) is 20.3 Å². The van der Waals surface area contributed by atoms with Crippen molar-refractivity contribution in [3.05, 3.63) is 53.6 Å². The third-order valence-electron chi connectivity index (χ3n) is 5.86. The second kappa shape index (κ2) is 7.24. The van der Waals surface area contributed by atoms with Crippen LogP contribution in [0.15, 0.2) is 42.5 Å². The number of rotatable bonds is 6. The van der Waals surface area contributed by atoms with Crippen LogP contribution < -0.4 is 10.1 Å². The highest BCUT2D eigenvalue weighted by Crippen LogP contribution is 2.60. The lowest BCUT2D eigenvalue weighted by Crippen LogP contribution is -2.36. The molecule has 2 N–H and O–H groups in total. The van der Waals surface area contributed by atoms with Crippen molar-refractivity contribution in [3.8, 4) is 16.9 Å². The van der Waals surface area contributed by atoms with Gasteiger partial charge < -0.3 is 19.9 Å². The molecule has 1 saturated carbocycles. The average Bonchev–Trinajstić information content (AvgIpc) is 3.45. The van der Waals surface area contributed by atoms with Gasteiger partial charge in [0, 0.05) is 7.11 Å². The predicted octanol–water partition coefficient (Wildman–Crippen LogP) is 4.41. The summed E-state index contributed by atoms with van der Waals surface area (Å²) in [7, 11) is 1.66. The van der Waals surface area contributed by atoms with Crippen molar-refractivity contribution in [2.45, 2.75) is 31.7 Å². The Kier molecular flexibility index (Phi) is 4.79. The molecule has 1 spiro atoms. The highest BCUT2D eigenvalue weighted by molar-refractivity contribution is 5.68. The van der Waals surface area contributed by atoms with Crippen molar-refractivity contribution in [3.63, 3.8) is 0 Å². The molecule has 1 fully saturated rings. The normalized spacial score (nSPS) is 19.4. The monoisotopic (exact) mass is 367 g/mol. The molecule has 0 heterocycles. The van der Waals surface area contributed by atoms with E-state index in [-0.39, 0.29) is 11.5 Å². The number of carboxylic acid groups (broad SMARTS) is 1. The van der Waals surface area contributed by atoms with Crippen LogP contribution in [0.5, 0.6) is 5.75 Å². The molecule has 1 amide bonds. The zero-order valence-corrected chi connectivity index (χ0v) is 15.5. The molecule has 2 aliphatic carbocycles. The molecular weight excluding hydrogens is 342 g/mol. The first-order valence-electron chi connectivity index (χ1n) is 9.46. The lowest BCUT2D eigenvalue weighted by molar-refractivity contribution is 0.146. The number of benzene rings is 2. The number of carbonyl (C=O) groups is 1. The summed E-state index contributed by atoms with van der Waals surface area (Å²) in [6.07, 6.45) is 3.36. The minimum atomic E-state index is -0.938. The zero-order valence-electron chi connectivity index (χ0n) is 15.5. The maximum atomic E-state index is 11.3. The van der Waals surface area contributed by atoms with Crippen LogP contribution in [-0.2, 0) is 11.2 Å². The van der Waals surface area contributed by atoms with Crippen molar-refractivity contribution in [1.29, 1.82) is 0 Å². The standard InChI is InChI=1S/C22H25NO4/c1-26-12-13-27-18-5-2-15(3-6-18)16-4-7-19-17(14-16)8-9-22(10-11-22)20(19)23-21(24)25/h2-7,14,20,23H,8-13H2,1H3,(H,24,25). The van der Waals surface area contributed by atoms with E-state index in [1.165, 1.54) is 5.56 Å². The van der Waals surface area contributed by atoms with E-state index >= 15 is 0 Å². The Hall–Kier alpha value is -2.53. The Morgan fingerprint density at radius 3 is 2.52 bits per heavy atom. The Labute approximate surface area is 159 Å². The summed E-state index contributed by atoms with van der Waals surface area (Å²) in [5.74, 6) is 0.829. The Balaban J connectivity index is 1.55. The first kappa shape index (κ1) is 17.9. The number of ether oxygens (including phenoxy) is 2. The maximum absolute atomic E-state index is 11.3. The summed E-state index contributed by atoms with van der Waals surface area (Å²) in [5.41, 5.74) is 4.83. The minimum Gasteiger partial charge on any atom is -0.491 e. The van der Waals surface area contributed by atoms with Crippen molar-refractivity contribution >= 4 is 6.09 Å². The molecule has 2 aromatic rings. The van der Waals surface area contributed by atoms with Gasteiger partial charge in [-0.3, -0.25) is 0 Å². The van der Waals surface area contributed by atoms with Crippen LogP contribution in [0.2, 0.25) is 0 Å². The quantitative estimate of drug-likeness (QED) is 0.742. The molecule has 0 aliphatic heterocycles. The number of nitrogens with one attached hydrogen (secondary N) is 1. The first-order valence-corrected chi connectivity index (χ1v) is 9.46.